The van der Waals surface area contributed by atoms with Crippen LogP contribution in [0.25, 0.3) is 0 Å². The van der Waals surface area contributed by atoms with Gasteiger partial charge >= 0.3 is 0 Å². The van der Waals surface area contributed by atoms with Gasteiger partial charge in [0.15, 0.2) is 11.0 Å². The average molecular weight is 176 g/mol. The monoisotopic (exact) mass is 175 g/mol. The highest BCUT2D eigenvalue weighted by Gasteiger charge is 2.01. The van der Waals surface area contributed by atoms with Gasteiger partial charge in [-0.15, -0.1) is 0 Å². The van der Waals surface area contributed by atoms with E-state index in [1.807, 2.05) is 6.92 Å². The van der Waals surface area contributed by atoms with Crippen molar-refractivity contribution in [2.45, 2.75) is 6.92 Å². The van der Waals surface area contributed by atoms with Crippen molar-refractivity contribution in [1.82, 2.24) is 4.98 Å². The van der Waals surface area contributed by atoms with Crippen molar-refractivity contribution in [3.8, 4) is 5.75 Å². The van der Waals surface area contributed by atoms with Crippen molar-refractivity contribution in [1.29, 1.82) is 0 Å². The third-order valence-corrected chi connectivity index (χ3v) is 1.36. The van der Waals surface area contributed by atoms with Crippen LogP contribution >= 0.6 is 11.6 Å². The van der Waals surface area contributed by atoms with Crippen molar-refractivity contribution < 1.29 is 9.13 Å². The zero-order valence-electron chi connectivity index (χ0n) is 5.97. The summed E-state index contributed by atoms with van der Waals surface area (Å²) >= 11 is 5.34. The molecule has 1 heterocycles. The van der Waals surface area contributed by atoms with Gasteiger partial charge in [-0.05, 0) is 6.92 Å². The van der Waals surface area contributed by atoms with Crippen molar-refractivity contribution in [3.05, 3.63) is 23.2 Å². The Morgan fingerprint density at radius 1 is 1.73 bits per heavy atom. The summed E-state index contributed by atoms with van der Waals surface area (Å²) in [7, 11) is 0. The maximum absolute atomic E-state index is 12.6. The first-order valence-electron chi connectivity index (χ1n) is 3.18. The van der Waals surface area contributed by atoms with E-state index in [1.54, 1.807) is 0 Å². The van der Waals surface area contributed by atoms with Gasteiger partial charge in [0, 0.05) is 6.07 Å². The molecule has 0 atom stereocenters. The van der Waals surface area contributed by atoms with Crippen LogP contribution in [0.15, 0.2) is 12.3 Å². The van der Waals surface area contributed by atoms with E-state index in [4.69, 9.17) is 16.3 Å². The smallest absolute Gasteiger partial charge is 0.164 e. The number of rotatable bonds is 2. The van der Waals surface area contributed by atoms with E-state index in [1.165, 1.54) is 12.3 Å². The molecule has 4 heteroatoms. The van der Waals surface area contributed by atoms with Gasteiger partial charge in [-0.3, -0.25) is 0 Å². The van der Waals surface area contributed by atoms with Crippen LogP contribution in [0.1, 0.15) is 6.92 Å². The van der Waals surface area contributed by atoms with Crippen molar-refractivity contribution in [2.75, 3.05) is 6.61 Å². The Morgan fingerprint density at radius 2 is 2.45 bits per heavy atom. The van der Waals surface area contributed by atoms with E-state index in [-0.39, 0.29) is 5.15 Å². The average Bonchev–Trinajstić information content (AvgIpc) is 1.98. The number of pyridine rings is 1. The van der Waals surface area contributed by atoms with Crippen LogP contribution in [-0.4, -0.2) is 11.6 Å². The summed E-state index contributed by atoms with van der Waals surface area (Å²) in [5, 5.41) is -0.131. The second kappa shape index (κ2) is 3.53. The van der Waals surface area contributed by atoms with Gasteiger partial charge in [0.05, 0.1) is 12.8 Å². The number of aromatic nitrogens is 1. The first-order valence-corrected chi connectivity index (χ1v) is 3.55. The Hall–Kier alpha value is -0.830. The first kappa shape index (κ1) is 8.27. The van der Waals surface area contributed by atoms with Crippen molar-refractivity contribution in [2.24, 2.45) is 0 Å². The Bertz CT molecular complexity index is 254. The summed E-state index contributed by atoms with van der Waals surface area (Å²) in [6, 6.07) is 1.21. The molecule has 0 saturated heterocycles. The topological polar surface area (TPSA) is 22.1 Å². The summed E-state index contributed by atoms with van der Waals surface area (Å²) < 4.78 is 17.6. The van der Waals surface area contributed by atoms with E-state index < -0.39 is 5.82 Å². The van der Waals surface area contributed by atoms with Gasteiger partial charge in [0.25, 0.3) is 0 Å². The highest BCUT2D eigenvalue weighted by atomic mass is 35.5. The predicted octanol–water partition coefficient (Wildman–Crippen LogP) is 2.27. The van der Waals surface area contributed by atoms with E-state index in [2.05, 4.69) is 4.98 Å². The fraction of sp³-hybridized carbons (Fsp3) is 0.286. The van der Waals surface area contributed by atoms with Gasteiger partial charge in [-0.2, -0.15) is 0 Å². The molecule has 0 fully saturated rings. The molecule has 0 unspecified atom stereocenters. The quantitative estimate of drug-likeness (QED) is 0.644. The van der Waals surface area contributed by atoms with E-state index in [9.17, 15) is 4.39 Å². The lowest BCUT2D eigenvalue weighted by atomic mass is 10.4. The number of hydrogen-bond donors (Lipinski definition) is 0. The molecule has 0 saturated carbocycles. The molecule has 1 aromatic heterocycles. The van der Waals surface area contributed by atoms with Gasteiger partial charge in [-0.1, -0.05) is 11.6 Å². The van der Waals surface area contributed by atoms with Crippen LogP contribution in [-0.2, 0) is 0 Å². The second-order valence-electron chi connectivity index (χ2n) is 1.88. The molecule has 2 nitrogen and oxygen atoms in total. The molecule has 0 aliphatic rings. The van der Waals surface area contributed by atoms with Gasteiger partial charge in [0.2, 0.25) is 0 Å². The van der Waals surface area contributed by atoms with Crippen LogP contribution in [0, 0.1) is 5.82 Å². The maximum atomic E-state index is 12.6. The Labute approximate surface area is 69.0 Å². The Balaban J connectivity index is 2.86. The van der Waals surface area contributed by atoms with Gasteiger partial charge in [0.1, 0.15) is 5.75 Å². The minimum absolute atomic E-state index is 0.131. The first-order chi connectivity index (χ1) is 5.24. The largest absolute Gasteiger partial charge is 0.492 e. The molecule has 0 amide bonds. The Kier molecular flexibility index (Phi) is 2.65. The summed E-state index contributed by atoms with van der Waals surface area (Å²) in [6.07, 6.45) is 1.38. The SMILES string of the molecule is CCOc1cnc(Cl)c(F)c1. The molecular weight excluding hydrogens is 169 g/mol. The Morgan fingerprint density at radius 3 is 3.00 bits per heavy atom. The summed E-state index contributed by atoms with van der Waals surface area (Å²) in [4.78, 5) is 3.56. The van der Waals surface area contributed by atoms with Crippen LogP contribution < -0.4 is 4.74 Å². The van der Waals surface area contributed by atoms with Crippen molar-refractivity contribution in [3.63, 3.8) is 0 Å². The fourth-order valence-electron chi connectivity index (χ4n) is 0.649. The number of hydrogen-bond acceptors (Lipinski definition) is 2. The summed E-state index contributed by atoms with van der Waals surface area (Å²) in [5.74, 6) is -0.160. The molecule has 1 rings (SSSR count). The minimum atomic E-state index is -0.558. The van der Waals surface area contributed by atoms with Crippen LogP contribution in [0.2, 0.25) is 5.15 Å². The molecule has 0 aliphatic carbocycles. The standard InChI is InChI=1S/C7H7ClFNO/c1-2-11-5-3-6(9)7(8)10-4-5/h3-4H,2H2,1H3. The molecule has 0 aromatic carbocycles. The summed E-state index contributed by atoms with van der Waals surface area (Å²) in [5.41, 5.74) is 0. The van der Waals surface area contributed by atoms with Crippen LogP contribution in [0.5, 0.6) is 5.75 Å². The van der Waals surface area contributed by atoms with Crippen LogP contribution in [0.3, 0.4) is 0 Å². The van der Waals surface area contributed by atoms with Crippen LogP contribution in [0.4, 0.5) is 4.39 Å². The second-order valence-corrected chi connectivity index (χ2v) is 2.23. The van der Waals surface area contributed by atoms with E-state index in [0.29, 0.717) is 12.4 Å². The predicted molar refractivity (Wildman–Crippen MR) is 40.4 cm³/mol. The van der Waals surface area contributed by atoms with Crippen molar-refractivity contribution >= 4 is 11.6 Å². The number of nitrogens with zero attached hydrogens (tertiary/aromatic N) is 1. The van der Waals surface area contributed by atoms with E-state index in [0.717, 1.165) is 0 Å². The normalized spacial score (nSPS) is 9.73. The molecule has 11 heavy (non-hydrogen) atoms. The molecule has 60 valence electrons. The molecule has 0 radical (unpaired) electrons. The minimum Gasteiger partial charge on any atom is -0.492 e. The molecule has 0 spiro atoms. The maximum Gasteiger partial charge on any atom is 0.164 e. The highest BCUT2D eigenvalue weighted by molar-refractivity contribution is 6.29. The molecule has 0 aliphatic heterocycles. The molecule has 0 N–H and O–H groups in total. The highest BCUT2D eigenvalue weighted by Crippen LogP contribution is 2.16. The number of ether oxygens (including phenoxy) is 1. The zero-order valence-corrected chi connectivity index (χ0v) is 6.73. The molecule has 1 aromatic rings. The number of halogens is 2. The summed E-state index contributed by atoms with van der Waals surface area (Å²) in [6.45, 7) is 2.30. The fourth-order valence-corrected chi connectivity index (χ4v) is 0.753. The lowest BCUT2D eigenvalue weighted by molar-refractivity contribution is 0.336. The van der Waals surface area contributed by atoms with Gasteiger partial charge in [-0.25, -0.2) is 9.37 Å². The lowest BCUT2D eigenvalue weighted by Crippen LogP contribution is -1.93. The zero-order chi connectivity index (χ0) is 8.27. The molecular formula is C7H7ClFNO. The third kappa shape index (κ3) is 2.05. The van der Waals surface area contributed by atoms with E-state index >= 15 is 0 Å². The molecule has 0 bridgehead atoms. The third-order valence-electron chi connectivity index (χ3n) is 1.08. The van der Waals surface area contributed by atoms with Gasteiger partial charge < -0.3 is 4.74 Å². The lowest BCUT2D eigenvalue weighted by Gasteiger charge is -2.01.